The molecule has 0 saturated heterocycles. The van der Waals surface area contributed by atoms with E-state index in [4.69, 9.17) is 5.26 Å². The van der Waals surface area contributed by atoms with Crippen LogP contribution in [-0.2, 0) is 4.89 Å². The highest BCUT2D eigenvalue weighted by Crippen LogP contribution is 2.22. The Bertz CT molecular complexity index is 344. The molecule has 0 spiro atoms. The Morgan fingerprint density at radius 3 is 2.46 bits per heavy atom. The third kappa shape index (κ3) is 1.62. The number of hydrogen-bond acceptors (Lipinski definition) is 4. The first-order chi connectivity index (χ1) is 6.07. The van der Waals surface area contributed by atoms with Crippen LogP contribution in [0.5, 0.6) is 5.75 Å². The molecule has 0 bridgehead atoms. The van der Waals surface area contributed by atoms with Crippen molar-refractivity contribution < 1.29 is 20.0 Å². The van der Waals surface area contributed by atoms with Gasteiger partial charge in [-0.2, -0.15) is 5.26 Å². The molecule has 4 heteroatoms. The van der Waals surface area contributed by atoms with Crippen molar-refractivity contribution in [3.63, 3.8) is 0 Å². The molecule has 1 aromatic rings. The van der Waals surface area contributed by atoms with Gasteiger partial charge < -0.3 is 5.11 Å². The second kappa shape index (κ2) is 3.45. The molecule has 0 aromatic heterocycles. The minimum absolute atomic E-state index is 0.118. The summed E-state index contributed by atoms with van der Waals surface area (Å²) in [5.74, 6) is -0.701. The summed E-state index contributed by atoms with van der Waals surface area (Å²) in [6.45, 7) is 3.35. The molecule has 0 unspecified atom stereocenters. The van der Waals surface area contributed by atoms with E-state index in [9.17, 15) is 9.90 Å². The molecule has 0 amide bonds. The van der Waals surface area contributed by atoms with Gasteiger partial charge in [0, 0.05) is 0 Å². The molecule has 70 valence electrons. The van der Waals surface area contributed by atoms with E-state index in [1.807, 2.05) is 0 Å². The van der Waals surface area contributed by atoms with Crippen molar-refractivity contribution in [2.75, 3.05) is 0 Å². The van der Waals surface area contributed by atoms with Gasteiger partial charge in [0.2, 0.25) is 0 Å². The highest BCUT2D eigenvalue weighted by molar-refractivity contribution is 5.91. The van der Waals surface area contributed by atoms with Crippen LogP contribution in [0.3, 0.4) is 0 Å². The molecular formula is C9H10O4. The predicted molar refractivity (Wildman–Crippen MR) is 45.6 cm³/mol. The summed E-state index contributed by atoms with van der Waals surface area (Å²) >= 11 is 0. The van der Waals surface area contributed by atoms with E-state index < -0.39 is 5.97 Å². The van der Waals surface area contributed by atoms with E-state index >= 15 is 0 Å². The molecular weight excluding hydrogens is 172 g/mol. The van der Waals surface area contributed by atoms with Gasteiger partial charge >= 0.3 is 5.97 Å². The highest BCUT2D eigenvalue weighted by atomic mass is 17.1. The Balaban J connectivity index is 3.26. The number of carbonyl (C=O) groups is 1. The Hall–Kier alpha value is -1.55. The maximum absolute atomic E-state index is 10.9. The van der Waals surface area contributed by atoms with Crippen LogP contribution in [-0.4, -0.2) is 16.3 Å². The van der Waals surface area contributed by atoms with Crippen LogP contribution in [0.25, 0.3) is 0 Å². The lowest BCUT2D eigenvalue weighted by atomic mass is 10.0. The number of carbonyl (C=O) groups excluding carboxylic acids is 1. The maximum atomic E-state index is 10.9. The van der Waals surface area contributed by atoms with Crippen LogP contribution in [0.4, 0.5) is 0 Å². The van der Waals surface area contributed by atoms with E-state index in [0.717, 1.165) is 0 Å². The molecule has 0 radical (unpaired) electrons. The van der Waals surface area contributed by atoms with Gasteiger partial charge in [-0.25, -0.2) is 4.79 Å². The smallest absolute Gasteiger partial charge is 0.373 e. The summed E-state index contributed by atoms with van der Waals surface area (Å²) < 4.78 is 0. The minimum Gasteiger partial charge on any atom is -0.508 e. The number of benzene rings is 1. The van der Waals surface area contributed by atoms with Gasteiger partial charge in [-0.05, 0) is 37.1 Å². The number of aromatic hydroxyl groups is 1. The summed E-state index contributed by atoms with van der Waals surface area (Å²) in [6, 6.07) is 2.78. The fraction of sp³-hybridized carbons (Fsp3) is 0.222. The van der Waals surface area contributed by atoms with Gasteiger partial charge in [-0.1, -0.05) is 0 Å². The van der Waals surface area contributed by atoms with E-state index in [-0.39, 0.29) is 11.3 Å². The second-order valence-electron chi connectivity index (χ2n) is 2.76. The largest absolute Gasteiger partial charge is 0.508 e. The number of phenols is 1. The second-order valence-corrected chi connectivity index (χ2v) is 2.76. The normalized spacial score (nSPS) is 9.77. The van der Waals surface area contributed by atoms with E-state index in [2.05, 4.69) is 4.89 Å². The molecule has 13 heavy (non-hydrogen) atoms. The summed E-state index contributed by atoms with van der Waals surface area (Å²) in [4.78, 5) is 14.5. The van der Waals surface area contributed by atoms with Gasteiger partial charge in [0.15, 0.2) is 0 Å². The molecule has 0 fully saturated rings. The molecule has 1 aromatic carbocycles. The molecule has 0 aliphatic heterocycles. The lowest BCUT2D eigenvalue weighted by Gasteiger charge is -2.06. The van der Waals surface area contributed by atoms with Crippen molar-refractivity contribution in [3.8, 4) is 5.75 Å². The molecule has 2 N–H and O–H groups in total. The van der Waals surface area contributed by atoms with Crippen molar-refractivity contribution in [2.24, 2.45) is 0 Å². The van der Waals surface area contributed by atoms with Crippen molar-refractivity contribution in [3.05, 3.63) is 28.8 Å². The minimum atomic E-state index is -0.819. The molecule has 4 nitrogen and oxygen atoms in total. The van der Waals surface area contributed by atoms with Crippen molar-refractivity contribution in [2.45, 2.75) is 13.8 Å². The Morgan fingerprint density at radius 2 is 1.92 bits per heavy atom. The lowest BCUT2D eigenvalue weighted by Crippen LogP contribution is -2.04. The van der Waals surface area contributed by atoms with Crippen molar-refractivity contribution in [1.82, 2.24) is 0 Å². The lowest BCUT2D eigenvalue weighted by molar-refractivity contribution is -0.182. The average molecular weight is 182 g/mol. The zero-order chi connectivity index (χ0) is 10.0. The molecule has 1 rings (SSSR count). The van der Waals surface area contributed by atoms with Crippen LogP contribution in [0.15, 0.2) is 12.1 Å². The first kappa shape index (κ1) is 9.54. The van der Waals surface area contributed by atoms with E-state index in [1.165, 1.54) is 12.1 Å². The standard InChI is InChI=1S/C9H10O4/c1-5-6(2)8(10)4-3-7(5)9(11)13-12/h3-4,10,12H,1-2H3. The van der Waals surface area contributed by atoms with E-state index in [1.54, 1.807) is 13.8 Å². The SMILES string of the molecule is Cc1c(O)ccc(C(=O)OO)c1C. The molecule has 0 aliphatic rings. The quantitative estimate of drug-likeness (QED) is 0.511. The van der Waals surface area contributed by atoms with Gasteiger partial charge in [0.05, 0.1) is 5.56 Å². The van der Waals surface area contributed by atoms with Crippen molar-refractivity contribution in [1.29, 1.82) is 0 Å². The maximum Gasteiger partial charge on any atom is 0.373 e. The molecule has 0 saturated carbocycles. The summed E-state index contributed by atoms with van der Waals surface area (Å²) in [7, 11) is 0. The average Bonchev–Trinajstić information content (AvgIpc) is 2.13. The van der Waals surface area contributed by atoms with Gasteiger partial charge in [-0.15, -0.1) is 0 Å². The topological polar surface area (TPSA) is 66.8 Å². The van der Waals surface area contributed by atoms with Gasteiger partial charge in [0.1, 0.15) is 5.75 Å². The number of phenolic OH excluding ortho intramolecular Hbond substituents is 1. The number of hydrogen-bond donors (Lipinski definition) is 2. The van der Waals surface area contributed by atoms with Crippen LogP contribution < -0.4 is 0 Å². The summed E-state index contributed by atoms with van der Waals surface area (Å²) in [5, 5.41) is 17.4. The first-order valence-corrected chi connectivity index (χ1v) is 3.73. The zero-order valence-electron chi connectivity index (χ0n) is 7.37. The number of rotatable bonds is 1. The summed E-state index contributed by atoms with van der Waals surface area (Å²) in [5.41, 5.74) is 1.44. The van der Waals surface area contributed by atoms with Crippen LogP contribution in [0.2, 0.25) is 0 Å². The van der Waals surface area contributed by atoms with Crippen LogP contribution >= 0.6 is 0 Å². The summed E-state index contributed by atoms with van der Waals surface area (Å²) in [6.07, 6.45) is 0. The molecule has 0 atom stereocenters. The fourth-order valence-corrected chi connectivity index (χ4v) is 1.08. The Kier molecular flexibility index (Phi) is 2.53. The predicted octanol–water partition coefficient (Wildman–Crippen LogP) is 1.64. The monoisotopic (exact) mass is 182 g/mol. The van der Waals surface area contributed by atoms with Crippen molar-refractivity contribution >= 4 is 5.97 Å². The Morgan fingerprint density at radius 1 is 1.31 bits per heavy atom. The third-order valence-corrected chi connectivity index (χ3v) is 2.06. The van der Waals surface area contributed by atoms with Crippen LogP contribution in [0, 0.1) is 13.8 Å². The molecule has 0 heterocycles. The highest BCUT2D eigenvalue weighted by Gasteiger charge is 2.13. The zero-order valence-corrected chi connectivity index (χ0v) is 7.37. The third-order valence-electron chi connectivity index (χ3n) is 2.06. The first-order valence-electron chi connectivity index (χ1n) is 3.73. The van der Waals surface area contributed by atoms with Gasteiger partial charge in [0.25, 0.3) is 0 Å². The van der Waals surface area contributed by atoms with E-state index in [0.29, 0.717) is 11.1 Å². The molecule has 0 aliphatic carbocycles. The fourth-order valence-electron chi connectivity index (χ4n) is 1.08. The Labute approximate surface area is 75.3 Å². The van der Waals surface area contributed by atoms with Crippen LogP contribution in [0.1, 0.15) is 21.5 Å². The van der Waals surface area contributed by atoms with Gasteiger partial charge in [-0.3, -0.25) is 4.89 Å².